The van der Waals surface area contributed by atoms with E-state index in [0.717, 1.165) is 50.1 Å². The third kappa shape index (κ3) is 26.4. The molecule has 0 radical (unpaired) electrons. The molecular weight excluding hydrogens is 1500 g/mol. The summed E-state index contributed by atoms with van der Waals surface area (Å²) >= 11 is 0. The second kappa shape index (κ2) is 44.3. The molecule has 0 saturated heterocycles. The van der Waals surface area contributed by atoms with Crippen molar-refractivity contribution in [3.05, 3.63) is 250 Å². The van der Waals surface area contributed by atoms with E-state index in [1.54, 1.807) is 160 Å². The smallest absolute Gasteiger partial charge is 0.220 e. The summed E-state index contributed by atoms with van der Waals surface area (Å²) in [6.45, 7) is 8.91. The molecule has 0 amide bonds. The highest BCUT2D eigenvalue weighted by atomic mass is 32.2. The molecule has 0 aliphatic rings. The number of aliphatic hydroxyl groups excluding tert-OH is 5. The molecule has 32 heteroatoms. The van der Waals surface area contributed by atoms with Gasteiger partial charge in [0.05, 0.1) is 82.3 Å². The van der Waals surface area contributed by atoms with Gasteiger partial charge in [-0.05, 0) is 164 Å². The first-order chi connectivity index (χ1) is 53.6. The van der Waals surface area contributed by atoms with Gasteiger partial charge in [-0.2, -0.15) is 12.9 Å². The third-order valence-corrected chi connectivity index (χ3v) is 24.3. The van der Waals surface area contributed by atoms with Gasteiger partial charge in [-0.1, -0.05) is 72.8 Å². The van der Waals surface area contributed by atoms with Gasteiger partial charge < -0.3 is 68.2 Å². The Morgan fingerprint density at radius 2 is 0.509 bits per heavy atom. The van der Waals surface area contributed by atoms with Crippen LogP contribution < -0.4 is 28.4 Å². The molecule has 0 unspecified atom stereocenters. The highest BCUT2D eigenvalue weighted by Crippen LogP contribution is 2.34. The lowest BCUT2D eigenvalue weighted by Crippen LogP contribution is -2.41. The van der Waals surface area contributed by atoms with Gasteiger partial charge >= 0.3 is 0 Å². The number of hydrogen-bond acceptors (Lipinski definition) is 26. The van der Waals surface area contributed by atoms with E-state index in [1.165, 1.54) is 26.8 Å². The fraction of sp³-hybridized carbons (Fsp3) is 0.400. The summed E-state index contributed by atoms with van der Waals surface area (Å²) in [6.07, 6.45) is 4.05. The predicted octanol–water partition coefficient (Wildman–Crippen LogP) is 8.54. The third-order valence-electron chi connectivity index (χ3n) is 17.8. The molecule has 0 fully saturated rings. The van der Waals surface area contributed by atoms with Crippen LogP contribution >= 0.6 is 0 Å². The number of sulfonamides is 3. The van der Waals surface area contributed by atoms with Gasteiger partial charge in [-0.15, -0.1) is 0 Å². The second-order valence-corrected chi connectivity index (χ2v) is 33.1. The molecule has 8 atom stereocenters. The molecule has 3 heterocycles. The molecule has 0 spiro atoms. The van der Waals surface area contributed by atoms with Gasteiger partial charge in [0.15, 0.2) is 17.5 Å². The Balaban J connectivity index is 0.000000233. The quantitative estimate of drug-likeness (QED) is 0.0239. The van der Waals surface area contributed by atoms with Crippen LogP contribution in [0.3, 0.4) is 0 Å². The van der Waals surface area contributed by atoms with Crippen LogP contribution in [0.15, 0.2) is 183 Å². The van der Waals surface area contributed by atoms with E-state index in [9.17, 15) is 50.8 Å². The van der Waals surface area contributed by atoms with Gasteiger partial charge in [-0.3, -0.25) is 0 Å². The van der Waals surface area contributed by atoms with Crippen LogP contribution in [0.2, 0.25) is 0 Å². The van der Waals surface area contributed by atoms with Crippen molar-refractivity contribution in [2.45, 2.75) is 127 Å². The van der Waals surface area contributed by atoms with E-state index < -0.39 is 89.6 Å². The fourth-order valence-electron chi connectivity index (χ4n) is 11.1. The van der Waals surface area contributed by atoms with Crippen molar-refractivity contribution in [3.63, 3.8) is 0 Å². The fourth-order valence-corrected chi connectivity index (χ4v) is 16.0. The van der Waals surface area contributed by atoms with Gasteiger partial charge in [0.2, 0.25) is 30.1 Å². The SMILES string of the molecule is COc1ccc(CN(Cc2ccc(OC)cc2)S(=O)(=O)[C@@H](C)[C@H](OCCO)c2ncc(C)cn2)cc1.COc1ccc(CN(Cc2ccc(OC)cc2)S(=O)(=O)[C@@H](C)[C@H](OC[C@@H](O)CO)c2ncc(C)cn2)cc1.COc1ccc(CN(Cc2ccc(OC)cc2)S(=O)(=O)[C@@H](C)[C@H](OC[C@H](O)CO)c2ncc(C)cn2)cc1. The molecule has 112 heavy (non-hydrogen) atoms. The zero-order valence-corrected chi connectivity index (χ0v) is 67.5. The van der Waals surface area contributed by atoms with Crippen molar-refractivity contribution in [1.29, 1.82) is 0 Å². The van der Waals surface area contributed by atoms with Crippen molar-refractivity contribution < 1.29 is 93.4 Å². The van der Waals surface area contributed by atoms with E-state index >= 15 is 0 Å². The molecule has 6 aromatic carbocycles. The van der Waals surface area contributed by atoms with E-state index in [0.29, 0.717) is 34.5 Å². The van der Waals surface area contributed by atoms with E-state index in [2.05, 4.69) is 29.9 Å². The van der Waals surface area contributed by atoms with Gasteiger partial charge in [0, 0.05) is 76.4 Å². The molecule has 5 N–H and O–H groups in total. The molecule has 9 aromatic rings. The van der Waals surface area contributed by atoms with E-state index in [-0.39, 0.29) is 83.2 Å². The first-order valence-electron chi connectivity index (χ1n) is 35.8. The summed E-state index contributed by atoms with van der Waals surface area (Å²) in [6, 6.07) is 43.3. The monoisotopic (exact) mass is 1610 g/mol. The lowest BCUT2D eigenvalue weighted by molar-refractivity contribution is -0.0329. The van der Waals surface area contributed by atoms with Crippen LogP contribution in [0.4, 0.5) is 0 Å². The molecular formula is C80H103N9O20S3. The maximum Gasteiger partial charge on any atom is 0.220 e. The molecule has 606 valence electrons. The van der Waals surface area contributed by atoms with Crippen LogP contribution in [-0.4, -0.2) is 204 Å². The zero-order chi connectivity index (χ0) is 81.5. The summed E-state index contributed by atoms with van der Waals surface area (Å²) in [5.74, 6) is 4.63. The van der Waals surface area contributed by atoms with E-state index in [4.69, 9.17) is 42.6 Å². The largest absolute Gasteiger partial charge is 0.497 e. The number of benzene rings is 6. The van der Waals surface area contributed by atoms with Gasteiger partial charge in [0.1, 0.15) is 80.8 Å². The lowest BCUT2D eigenvalue weighted by Gasteiger charge is -2.30. The number of aliphatic hydroxyl groups is 5. The zero-order valence-electron chi connectivity index (χ0n) is 65.0. The summed E-state index contributed by atoms with van der Waals surface area (Å²) < 4.78 is 137. The Morgan fingerprint density at radius 1 is 0.321 bits per heavy atom. The number of rotatable bonds is 41. The normalized spacial score (nSPS) is 13.9. The Kier molecular flexibility index (Phi) is 35.6. The topological polar surface area (TPSA) is 374 Å². The first kappa shape index (κ1) is 90.0. The number of nitrogens with zero attached hydrogens (tertiary/aromatic N) is 9. The van der Waals surface area contributed by atoms with Crippen molar-refractivity contribution in [2.24, 2.45) is 0 Å². The average molecular weight is 1610 g/mol. The molecule has 0 bridgehead atoms. The Bertz CT molecular complexity index is 4250. The Morgan fingerprint density at radius 3 is 0.679 bits per heavy atom. The summed E-state index contributed by atoms with van der Waals surface area (Å²) in [5, 5.41) is 44.3. The van der Waals surface area contributed by atoms with Gasteiger partial charge in [0.25, 0.3) is 0 Å². The number of hydrogen-bond donors (Lipinski definition) is 5. The minimum atomic E-state index is -4.02. The molecule has 0 aliphatic carbocycles. The molecule has 3 aromatic heterocycles. The van der Waals surface area contributed by atoms with Gasteiger partial charge in [-0.25, -0.2) is 55.2 Å². The average Bonchev–Trinajstić information content (AvgIpc) is 0.801. The predicted molar refractivity (Wildman–Crippen MR) is 421 cm³/mol. The number of aromatic nitrogens is 6. The van der Waals surface area contributed by atoms with Crippen molar-refractivity contribution in [3.8, 4) is 34.5 Å². The number of aryl methyl sites for hydroxylation is 3. The Hall–Kier alpha value is -9.23. The van der Waals surface area contributed by atoms with Crippen LogP contribution in [0, 0.1) is 20.8 Å². The highest BCUT2D eigenvalue weighted by Gasteiger charge is 2.41. The molecule has 0 saturated carbocycles. The Labute approximate surface area is 656 Å². The van der Waals surface area contributed by atoms with Crippen LogP contribution in [0.1, 0.15) is 107 Å². The maximum absolute atomic E-state index is 14.1. The molecule has 29 nitrogen and oxygen atoms in total. The highest BCUT2D eigenvalue weighted by molar-refractivity contribution is 7.90. The number of methoxy groups -OCH3 is 6. The minimum Gasteiger partial charge on any atom is -0.497 e. The van der Waals surface area contributed by atoms with Crippen LogP contribution in [0.25, 0.3) is 0 Å². The maximum atomic E-state index is 14.1. The van der Waals surface area contributed by atoms with Crippen molar-refractivity contribution in [2.75, 3.05) is 82.3 Å². The standard InChI is InChI=1S/2C27H35N3O7S.C26H33N3O6S/c2*1-19-13-28-27(29-14-19)26(37-18-23(32)17-31)20(2)38(33,34)30(15-21-5-9-24(35-3)10-6-21)16-22-7-11-25(36-4)12-8-22;1-19-15-27-26(28-16-19)25(35-14-13-30)20(2)36(31,32)29(17-21-5-9-23(33-3)10-6-21)18-22-7-11-24(34-4)12-8-22/h2*5-14,20,23,26,31-32H,15-18H2,1-4H3;5-12,15-16,20,25,30H,13-14,17-18H2,1-4H3/t20-,23+,26-;20-,23-,26-;20-,25-/m000/s1. The minimum absolute atomic E-state index is 0.0429. The number of ether oxygens (including phenoxy) is 9. The summed E-state index contributed by atoms with van der Waals surface area (Å²) in [7, 11) is -2.54. The summed E-state index contributed by atoms with van der Waals surface area (Å²) in [5.41, 5.74) is 7.15. The first-order valence-corrected chi connectivity index (χ1v) is 40.3. The molecule has 9 rings (SSSR count). The summed E-state index contributed by atoms with van der Waals surface area (Å²) in [4.78, 5) is 25.8. The lowest BCUT2D eigenvalue weighted by atomic mass is 10.2. The van der Waals surface area contributed by atoms with Crippen molar-refractivity contribution in [1.82, 2.24) is 42.8 Å². The molecule has 0 aliphatic heterocycles. The second-order valence-electron chi connectivity index (χ2n) is 26.2. The van der Waals surface area contributed by atoms with Crippen LogP contribution in [0.5, 0.6) is 34.5 Å². The van der Waals surface area contributed by atoms with Crippen LogP contribution in [-0.2, 0) is 83.5 Å². The van der Waals surface area contributed by atoms with Crippen molar-refractivity contribution >= 4 is 30.1 Å². The van der Waals surface area contributed by atoms with E-state index in [1.807, 2.05) is 93.6 Å².